The molecule has 1 aromatic carbocycles. The summed E-state index contributed by atoms with van der Waals surface area (Å²) in [7, 11) is 0. The average molecular weight is 275 g/mol. The number of hydrogen-bond donors (Lipinski definition) is 1. The molecule has 0 aromatic heterocycles. The number of benzene rings is 1. The maximum absolute atomic E-state index is 5.69. The molecule has 3 unspecified atom stereocenters. The van der Waals surface area contributed by atoms with Crippen LogP contribution in [0.5, 0.6) is 5.75 Å². The molecule has 1 aromatic rings. The Morgan fingerprint density at radius 1 is 1.15 bits per heavy atom. The minimum atomic E-state index is 0.237. The van der Waals surface area contributed by atoms with Gasteiger partial charge in [0.1, 0.15) is 5.75 Å². The third kappa shape index (κ3) is 4.24. The van der Waals surface area contributed by atoms with Gasteiger partial charge in [-0.2, -0.15) is 0 Å². The molecule has 0 heterocycles. The van der Waals surface area contributed by atoms with Crippen molar-refractivity contribution in [3.05, 3.63) is 29.8 Å². The van der Waals surface area contributed by atoms with Crippen molar-refractivity contribution in [3.63, 3.8) is 0 Å². The van der Waals surface area contributed by atoms with Crippen LogP contribution < -0.4 is 10.1 Å². The summed E-state index contributed by atoms with van der Waals surface area (Å²) in [5.74, 6) is 1.89. The first-order valence-corrected chi connectivity index (χ1v) is 8.11. The Morgan fingerprint density at radius 2 is 1.85 bits per heavy atom. The third-order valence-corrected chi connectivity index (χ3v) is 4.36. The average Bonchev–Trinajstić information content (AvgIpc) is 2.86. The van der Waals surface area contributed by atoms with Crippen molar-refractivity contribution in [2.45, 2.75) is 71.6 Å². The minimum absolute atomic E-state index is 0.237. The summed E-state index contributed by atoms with van der Waals surface area (Å²) < 4.78 is 5.69. The van der Waals surface area contributed by atoms with E-state index in [2.05, 4.69) is 57.3 Å². The van der Waals surface area contributed by atoms with E-state index in [1.165, 1.54) is 31.2 Å². The molecular formula is C18H29NO. The van der Waals surface area contributed by atoms with Gasteiger partial charge in [0.05, 0.1) is 6.10 Å². The largest absolute Gasteiger partial charge is 0.491 e. The lowest BCUT2D eigenvalue weighted by Crippen LogP contribution is -2.29. The van der Waals surface area contributed by atoms with Gasteiger partial charge in [-0.3, -0.25) is 0 Å². The monoisotopic (exact) mass is 275 g/mol. The Balaban J connectivity index is 1.87. The molecule has 1 saturated carbocycles. The maximum Gasteiger partial charge on any atom is 0.119 e. The number of rotatable bonds is 6. The molecule has 0 bridgehead atoms. The molecule has 0 saturated heterocycles. The first-order chi connectivity index (χ1) is 9.58. The van der Waals surface area contributed by atoms with Crippen molar-refractivity contribution in [1.82, 2.24) is 5.32 Å². The summed E-state index contributed by atoms with van der Waals surface area (Å²) in [6.07, 6.45) is 5.63. The lowest BCUT2D eigenvalue weighted by atomic mass is 10.0. The van der Waals surface area contributed by atoms with Crippen LogP contribution in [0, 0.1) is 5.92 Å². The van der Waals surface area contributed by atoms with Crippen LogP contribution in [0.2, 0.25) is 0 Å². The normalized spacial score (nSPS) is 24.1. The van der Waals surface area contributed by atoms with Crippen molar-refractivity contribution >= 4 is 0 Å². The lowest BCUT2D eigenvalue weighted by Gasteiger charge is -2.20. The summed E-state index contributed by atoms with van der Waals surface area (Å²) in [4.78, 5) is 0. The zero-order chi connectivity index (χ0) is 14.5. The Morgan fingerprint density at radius 3 is 2.40 bits per heavy atom. The van der Waals surface area contributed by atoms with E-state index in [1.54, 1.807) is 0 Å². The topological polar surface area (TPSA) is 21.3 Å². The summed E-state index contributed by atoms with van der Waals surface area (Å²) in [6, 6.07) is 9.64. The summed E-state index contributed by atoms with van der Waals surface area (Å²) in [6.45, 7) is 8.69. The summed E-state index contributed by atoms with van der Waals surface area (Å²) in [5.41, 5.74) is 1.35. The molecule has 3 atom stereocenters. The number of nitrogens with one attached hydrogen (secondary N) is 1. The zero-order valence-electron chi connectivity index (χ0n) is 13.4. The van der Waals surface area contributed by atoms with E-state index in [9.17, 15) is 0 Å². The van der Waals surface area contributed by atoms with Crippen LogP contribution in [0.15, 0.2) is 24.3 Å². The van der Waals surface area contributed by atoms with E-state index in [4.69, 9.17) is 4.74 Å². The van der Waals surface area contributed by atoms with Crippen LogP contribution >= 0.6 is 0 Å². The molecule has 0 spiro atoms. The lowest BCUT2D eigenvalue weighted by molar-refractivity contribution is 0.242. The molecule has 2 nitrogen and oxygen atoms in total. The fourth-order valence-electron chi connectivity index (χ4n) is 3.15. The van der Waals surface area contributed by atoms with E-state index in [0.29, 0.717) is 12.1 Å². The second-order valence-electron chi connectivity index (χ2n) is 6.41. The number of hydrogen-bond acceptors (Lipinski definition) is 2. The predicted octanol–water partition coefficient (Wildman–Crippen LogP) is 4.70. The number of ether oxygens (including phenoxy) is 1. The van der Waals surface area contributed by atoms with E-state index >= 15 is 0 Å². The first-order valence-electron chi connectivity index (χ1n) is 8.11. The molecule has 0 aliphatic heterocycles. The smallest absolute Gasteiger partial charge is 0.119 e. The third-order valence-electron chi connectivity index (χ3n) is 4.36. The van der Waals surface area contributed by atoms with Crippen LogP contribution in [0.3, 0.4) is 0 Å². The van der Waals surface area contributed by atoms with Gasteiger partial charge >= 0.3 is 0 Å². The molecular weight excluding hydrogens is 246 g/mol. The highest BCUT2D eigenvalue weighted by molar-refractivity contribution is 5.29. The van der Waals surface area contributed by atoms with E-state index < -0.39 is 0 Å². The van der Waals surface area contributed by atoms with E-state index in [1.807, 2.05) is 0 Å². The van der Waals surface area contributed by atoms with Crippen molar-refractivity contribution < 1.29 is 4.74 Å². The summed E-state index contributed by atoms with van der Waals surface area (Å²) >= 11 is 0. The molecule has 112 valence electrons. The Labute approximate surface area is 123 Å². The minimum Gasteiger partial charge on any atom is -0.491 e. The molecule has 2 heteroatoms. The first kappa shape index (κ1) is 15.4. The van der Waals surface area contributed by atoms with Crippen LogP contribution in [-0.4, -0.2) is 12.1 Å². The summed E-state index contributed by atoms with van der Waals surface area (Å²) in [5, 5.41) is 3.78. The zero-order valence-corrected chi connectivity index (χ0v) is 13.4. The van der Waals surface area contributed by atoms with Crippen LogP contribution in [0.25, 0.3) is 0 Å². The highest BCUT2D eigenvalue weighted by Gasteiger charge is 2.24. The van der Waals surface area contributed by atoms with Crippen LogP contribution in [0.1, 0.15) is 65.0 Å². The van der Waals surface area contributed by atoms with Crippen LogP contribution in [0.4, 0.5) is 0 Å². The SMILES string of the molecule is CCC1CCC(NC(C)c2ccc(OC(C)C)cc2)C1. The van der Waals surface area contributed by atoms with Crippen LogP contribution in [-0.2, 0) is 0 Å². The van der Waals surface area contributed by atoms with Crippen molar-refractivity contribution in [3.8, 4) is 5.75 Å². The molecule has 1 N–H and O–H groups in total. The van der Waals surface area contributed by atoms with Gasteiger partial charge < -0.3 is 10.1 Å². The van der Waals surface area contributed by atoms with Gasteiger partial charge in [-0.25, -0.2) is 0 Å². The van der Waals surface area contributed by atoms with Gasteiger partial charge in [0, 0.05) is 12.1 Å². The van der Waals surface area contributed by atoms with E-state index in [-0.39, 0.29) is 6.10 Å². The Bertz CT molecular complexity index is 398. The van der Waals surface area contributed by atoms with Crippen molar-refractivity contribution in [2.75, 3.05) is 0 Å². The standard InChI is InChI=1S/C18H29NO/c1-5-15-6-9-17(12-15)19-14(4)16-7-10-18(11-8-16)20-13(2)3/h7-8,10-11,13-15,17,19H,5-6,9,12H2,1-4H3. The molecule has 2 rings (SSSR count). The molecule has 0 radical (unpaired) electrons. The van der Waals surface area contributed by atoms with Gasteiger partial charge in [0.25, 0.3) is 0 Å². The highest BCUT2D eigenvalue weighted by atomic mass is 16.5. The quantitative estimate of drug-likeness (QED) is 0.812. The fourth-order valence-corrected chi connectivity index (χ4v) is 3.15. The van der Waals surface area contributed by atoms with Gasteiger partial charge in [0.2, 0.25) is 0 Å². The molecule has 1 aliphatic rings. The van der Waals surface area contributed by atoms with Gasteiger partial charge in [0.15, 0.2) is 0 Å². The van der Waals surface area contributed by atoms with Crippen molar-refractivity contribution in [2.24, 2.45) is 5.92 Å². The fraction of sp³-hybridized carbons (Fsp3) is 0.667. The van der Waals surface area contributed by atoms with Gasteiger partial charge in [-0.05, 0) is 63.6 Å². The second kappa shape index (κ2) is 7.12. The second-order valence-corrected chi connectivity index (χ2v) is 6.41. The Kier molecular flexibility index (Phi) is 5.47. The van der Waals surface area contributed by atoms with Gasteiger partial charge in [-0.15, -0.1) is 0 Å². The highest BCUT2D eigenvalue weighted by Crippen LogP contribution is 2.29. The maximum atomic E-state index is 5.69. The molecule has 0 amide bonds. The van der Waals surface area contributed by atoms with E-state index in [0.717, 1.165) is 11.7 Å². The molecule has 1 aliphatic carbocycles. The van der Waals surface area contributed by atoms with Gasteiger partial charge in [-0.1, -0.05) is 25.5 Å². The van der Waals surface area contributed by atoms with Crippen molar-refractivity contribution in [1.29, 1.82) is 0 Å². The predicted molar refractivity (Wildman–Crippen MR) is 85.2 cm³/mol. The molecule has 1 fully saturated rings. The molecule has 20 heavy (non-hydrogen) atoms. The Hall–Kier alpha value is -1.02.